The summed E-state index contributed by atoms with van der Waals surface area (Å²) >= 11 is 1.50. The van der Waals surface area contributed by atoms with Crippen molar-refractivity contribution in [1.82, 2.24) is 14.6 Å². The number of nitrogens with one attached hydrogen (secondary N) is 1. The third-order valence-corrected chi connectivity index (χ3v) is 6.31. The van der Waals surface area contributed by atoms with Gasteiger partial charge in [0.25, 0.3) is 0 Å². The van der Waals surface area contributed by atoms with Gasteiger partial charge in [-0.3, -0.25) is 0 Å². The lowest BCUT2D eigenvalue weighted by molar-refractivity contribution is -0.930. The molecule has 3 aromatic rings. The lowest BCUT2D eigenvalue weighted by Gasteiger charge is -2.31. The maximum Gasteiger partial charge on any atom is 0.235 e. The largest absolute Gasteiger partial charge is 0.497 e. The Kier molecular flexibility index (Phi) is 4.92. The van der Waals surface area contributed by atoms with E-state index in [1.807, 2.05) is 25.1 Å². The van der Waals surface area contributed by atoms with Crippen molar-refractivity contribution >= 4 is 16.3 Å². The molecule has 0 saturated carbocycles. The summed E-state index contributed by atoms with van der Waals surface area (Å²) in [5.41, 5.74) is 1.05. The van der Waals surface area contributed by atoms with Crippen molar-refractivity contribution in [2.75, 3.05) is 27.3 Å². The number of fused-ring (bicyclic) bond motifs is 1. The van der Waals surface area contributed by atoms with Crippen LogP contribution >= 0.6 is 11.3 Å². The number of methoxy groups -OCH3 is 2. The first kappa shape index (κ1) is 18.1. The summed E-state index contributed by atoms with van der Waals surface area (Å²) < 4.78 is 12.6. The summed E-state index contributed by atoms with van der Waals surface area (Å²) in [7, 11) is 3.32. The van der Waals surface area contributed by atoms with Gasteiger partial charge >= 0.3 is 0 Å². The van der Waals surface area contributed by atoms with E-state index in [2.05, 4.69) is 10.1 Å². The highest BCUT2D eigenvalue weighted by Crippen LogP contribution is 2.39. The van der Waals surface area contributed by atoms with Gasteiger partial charge in [-0.1, -0.05) is 11.3 Å². The van der Waals surface area contributed by atoms with Gasteiger partial charge in [0.2, 0.25) is 10.8 Å². The van der Waals surface area contributed by atoms with Gasteiger partial charge < -0.3 is 19.5 Å². The van der Waals surface area contributed by atoms with Gasteiger partial charge in [0.1, 0.15) is 22.2 Å². The van der Waals surface area contributed by atoms with Crippen LogP contribution in [-0.2, 0) is 0 Å². The predicted molar refractivity (Wildman–Crippen MR) is 103 cm³/mol. The smallest absolute Gasteiger partial charge is 0.235 e. The van der Waals surface area contributed by atoms with Crippen LogP contribution in [0.15, 0.2) is 18.2 Å². The van der Waals surface area contributed by atoms with Crippen molar-refractivity contribution in [2.24, 2.45) is 0 Å². The number of nitrogens with zero attached hydrogens (tertiary/aromatic N) is 3. The lowest BCUT2D eigenvalue weighted by atomic mass is 9.99. The summed E-state index contributed by atoms with van der Waals surface area (Å²) in [5, 5.41) is 15.3. The number of ether oxygens (including phenoxy) is 2. The van der Waals surface area contributed by atoms with Crippen molar-refractivity contribution in [3.63, 3.8) is 0 Å². The Bertz CT molecular complexity index is 946. The van der Waals surface area contributed by atoms with Gasteiger partial charge in [0, 0.05) is 6.07 Å². The van der Waals surface area contributed by atoms with Crippen molar-refractivity contribution in [2.45, 2.75) is 32.2 Å². The van der Waals surface area contributed by atoms with E-state index in [0.29, 0.717) is 10.8 Å². The molecule has 1 atom stereocenters. The molecule has 2 N–H and O–H groups in total. The van der Waals surface area contributed by atoms with E-state index in [-0.39, 0.29) is 11.9 Å². The van der Waals surface area contributed by atoms with Crippen molar-refractivity contribution in [3.8, 4) is 17.4 Å². The van der Waals surface area contributed by atoms with Crippen LogP contribution in [0.3, 0.4) is 0 Å². The Balaban J connectivity index is 1.86. The molecule has 4 rings (SSSR count). The van der Waals surface area contributed by atoms with Gasteiger partial charge in [-0.05, 0) is 38.3 Å². The molecule has 7 nitrogen and oxygen atoms in total. The van der Waals surface area contributed by atoms with E-state index < -0.39 is 0 Å². The summed E-state index contributed by atoms with van der Waals surface area (Å²) in [6, 6.07) is 5.88. The highest BCUT2D eigenvalue weighted by molar-refractivity contribution is 7.17. The zero-order valence-corrected chi connectivity index (χ0v) is 16.7. The fourth-order valence-corrected chi connectivity index (χ4v) is 5.11. The van der Waals surface area contributed by atoms with Gasteiger partial charge in [0.05, 0.1) is 32.9 Å². The number of hydrogen-bond donors (Lipinski definition) is 2. The molecule has 8 heteroatoms. The average molecular weight is 390 g/mol. The first-order chi connectivity index (χ1) is 13.1. The van der Waals surface area contributed by atoms with Crippen LogP contribution in [-0.4, -0.2) is 47.0 Å². The first-order valence-electron chi connectivity index (χ1n) is 9.24. The number of aromatic hydroxyl groups is 1. The van der Waals surface area contributed by atoms with Crippen LogP contribution in [0, 0.1) is 6.92 Å². The zero-order valence-electron chi connectivity index (χ0n) is 15.9. The fourth-order valence-electron chi connectivity index (χ4n) is 3.93. The Hall–Kier alpha value is -2.32. The van der Waals surface area contributed by atoms with E-state index in [4.69, 9.17) is 9.47 Å². The van der Waals surface area contributed by atoms with Gasteiger partial charge in [-0.25, -0.2) is 4.98 Å². The SMILES string of the molecule is COc1ccc([C@@H](c2sc3nc(C)nn3c2O)[NH+]2CCCCC2)c(OC)c1. The van der Waals surface area contributed by atoms with Crippen LogP contribution in [0.5, 0.6) is 17.4 Å². The molecule has 2 aromatic heterocycles. The van der Waals surface area contributed by atoms with Crippen LogP contribution in [0.4, 0.5) is 0 Å². The average Bonchev–Trinajstić information content (AvgIpc) is 3.20. The van der Waals surface area contributed by atoms with Crippen molar-refractivity contribution in [1.29, 1.82) is 0 Å². The second-order valence-electron chi connectivity index (χ2n) is 6.90. The number of rotatable bonds is 5. The van der Waals surface area contributed by atoms with Crippen LogP contribution in [0.1, 0.15) is 41.6 Å². The second kappa shape index (κ2) is 7.36. The number of thiazole rings is 1. The molecule has 0 amide bonds. The first-order valence-corrected chi connectivity index (χ1v) is 10.1. The zero-order chi connectivity index (χ0) is 19.0. The standard InChI is InChI=1S/C19H24N4O3S/c1-12-20-19-23(21-12)18(24)17(27-19)16(22-9-5-4-6-10-22)14-8-7-13(25-2)11-15(14)26-3/h7-8,11,16,24H,4-6,9-10H2,1-3H3/p+1/t16-/m0/s1. The number of benzene rings is 1. The van der Waals surface area contributed by atoms with E-state index >= 15 is 0 Å². The molecule has 27 heavy (non-hydrogen) atoms. The fraction of sp³-hybridized carbons (Fsp3) is 0.474. The van der Waals surface area contributed by atoms with Crippen molar-refractivity contribution in [3.05, 3.63) is 34.5 Å². The second-order valence-corrected chi connectivity index (χ2v) is 7.91. The molecule has 1 fully saturated rings. The summed E-state index contributed by atoms with van der Waals surface area (Å²) in [4.78, 5) is 7.46. The molecule has 1 aliphatic rings. The monoisotopic (exact) mass is 389 g/mol. The quantitative estimate of drug-likeness (QED) is 0.698. The minimum atomic E-state index is -0.0278. The molecule has 144 valence electrons. The Labute approximate surface area is 162 Å². The van der Waals surface area contributed by atoms with Crippen LogP contribution in [0.25, 0.3) is 4.96 Å². The number of aryl methyl sites for hydroxylation is 1. The van der Waals surface area contributed by atoms with E-state index in [0.717, 1.165) is 35.0 Å². The Morgan fingerprint density at radius 2 is 1.96 bits per heavy atom. The molecule has 0 radical (unpaired) electrons. The molecule has 0 spiro atoms. The summed E-state index contributed by atoms with van der Waals surface area (Å²) in [6.45, 7) is 3.95. The molecular weight excluding hydrogens is 364 g/mol. The lowest BCUT2D eigenvalue weighted by Crippen LogP contribution is -3.13. The van der Waals surface area contributed by atoms with Gasteiger partial charge in [-0.2, -0.15) is 4.52 Å². The van der Waals surface area contributed by atoms with E-state index in [1.54, 1.807) is 18.7 Å². The summed E-state index contributed by atoms with van der Waals surface area (Å²) in [6.07, 6.45) is 3.63. The minimum absolute atomic E-state index is 0.0278. The number of likely N-dealkylation sites (tertiary alicyclic amines) is 1. The van der Waals surface area contributed by atoms with E-state index in [1.165, 1.54) is 35.5 Å². The predicted octanol–water partition coefficient (Wildman–Crippen LogP) is 1.98. The number of hydrogen-bond acceptors (Lipinski definition) is 6. The Morgan fingerprint density at radius 1 is 1.19 bits per heavy atom. The number of aromatic nitrogens is 3. The normalized spacial score (nSPS) is 16.6. The molecular formula is C19H25N4O3S+. The maximum absolute atomic E-state index is 10.9. The highest BCUT2D eigenvalue weighted by atomic mass is 32.1. The third-order valence-electron chi connectivity index (χ3n) is 5.22. The Morgan fingerprint density at radius 3 is 2.63 bits per heavy atom. The molecule has 1 saturated heterocycles. The topological polar surface area (TPSA) is 73.3 Å². The molecule has 0 bridgehead atoms. The van der Waals surface area contributed by atoms with Gasteiger partial charge in [-0.15, -0.1) is 5.10 Å². The molecule has 0 aliphatic carbocycles. The van der Waals surface area contributed by atoms with Crippen molar-refractivity contribution < 1.29 is 19.5 Å². The van der Waals surface area contributed by atoms with Gasteiger partial charge in [0.15, 0.2) is 6.04 Å². The highest BCUT2D eigenvalue weighted by Gasteiger charge is 2.35. The molecule has 0 unspecified atom stereocenters. The van der Waals surface area contributed by atoms with Crippen LogP contribution in [0.2, 0.25) is 0 Å². The minimum Gasteiger partial charge on any atom is -0.497 e. The van der Waals surface area contributed by atoms with Crippen LogP contribution < -0.4 is 14.4 Å². The number of piperidine rings is 1. The maximum atomic E-state index is 10.9. The third kappa shape index (κ3) is 3.23. The number of quaternary nitrogens is 1. The van der Waals surface area contributed by atoms with E-state index in [9.17, 15) is 5.11 Å². The summed E-state index contributed by atoms with van der Waals surface area (Å²) in [5.74, 6) is 2.36. The molecule has 3 heterocycles. The molecule has 1 aromatic carbocycles. The molecule has 1 aliphatic heterocycles.